The Labute approximate surface area is 102 Å². The van der Waals surface area contributed by atoms with Gasteiger partial charge in [0.05, 0.1) is 6.54 Å². The molecule has 0 aliphatic heterocycles. The van der Waals surface area contributed by atoms with Gasteiger partial charge in [-0.25, -0.2) is 0 Å². The SMILES string of the molecule is CCC1CCCC(Nc2nnc(CNC)o2)C1. The van der Waals surface area contributed by atoms with Crippen LogP contribution in [0.4, 0.5) is 6.01 Å². The standard InChI is InChI=1S/C12H22N4O/c1-3-9-5-4-6-10(7-9)14-12-16-15-11(17-12)8-13-2/h9-10,13H,3-8H2,1-2H3,(H,14,16). The van der Waals surface area contributed by atoms with E-state index in [0.717, 1.165) is 5.92 Å². The van der Waals surface area contributed by atoms with Gasteiger partial charge in [0.25, 0.3) is 0 Å². The zero-order chi connectivity index (χ0) is 12.1. The number of nitrogens with one attached hydrogen (secondary N) is 2. The van der Waals surface area contributed by atoms with Crippen molar-refractivity contribution in [1.29, 1.82) is 0 Å². The molecule has 5 heteroatoms. The van der Waals surface area contributed by atoms with Gasteiger partial charge < -0.3 is 15.1 Å². The van der Waals surface area contributed by atoms with E-state index in [1.165, 1.54) is 32.1 Å². The van der Waals surface area contributed by atoms with Crippen LogP contribution in [0.5, 0.6) is 0 Å². The monoisotopic (exact) mass is 238 g/mol. The average Bonchev–Trinajstić information content (AvgIpc) is 2.77. The Kier molecular flexibility index (Phi) is 4.36. The molecule has 0 amide bonds. The summed E-state index contributed by atoms with van der Waals surface area (Å²) >= 11 is 0. The second-order valence-corrected chi connectivity index (χ2v) is 4.81. The van der Waals surface area contributed by atoms with Crippen LogP contribution in [0.25, 0.3) is 0 Å². The molecule has 1 fully saturated rings. The van der Waals surface area contributed by atoms with Crippen LogP contribution < -0.4 is 10.6 Å². The van der Waals surface area contributed by atoms with E-state index >= 15 is 0 Å². The highest BCUT2D eigenvalue weighted by Gasteiger charge is 2.21. The molecular weight excluding hydrogens is 216 g/mol. The van der Waals surface area contributed by atoms with Gasteiger partial charge in [-0.15, -0.1) is 5.10 Å². The lowest BCUT2D eigenvalue weighted by atomic mass is 9.84. The van der Waals surface area contributed by atoms with Crippen molar-refractivity contribution in [3.05, 3.63) is 5.89 Å². The zero-order valence-electron chi connectivity index (χ0n) is 10.7. The largest absolute Gasteiger partial charge is 0.407 e. The van der Waals surface area contributed by atoms with Crippen LogP contribution >= 0.6 is 0 Å². The Bertz CT molecular complexity index is 339. The van der Waals surface area contributed by atoms with Crippen molar-refractivity contribution in [3.8, 4) is 0 Å². The molecule has 1 aromatic heterocycles. The molecular formula is C12H22N4O. The molecule has 2 unspecified atom stereocenters. The summed E-state index contributed by atoms with van der Waals surface area (Å²) in [5.74, 6) is 1.49. The number of anilines is 1. The van der Waals surface area contributed by atoms with Crippen molar-refractivity contribution in [1.82, 2.24) is 15.5 Å². The molecule has 0 spiro atoms. The number of rotatable bonds is 5. The second-order valence-electron chi connectivity index (χ2n) is 4.81. The Morgan fingerprint density at radius 3 is 3.00 bits per heavy atom. The van der Waals surface area contributed by atoms with Gasteiger partial charge >= 0.3 is 6.01 Å². The van der Waals surface area contributed by atoms with Crippen molar-refractivity contribution in [3.63, 3.8) is 0 Å². The third-order valence-electron chi connectivity index (χ3n) is 3.48. The first kappa shape index (κ1) is 12.4. The predicted molar refractivity (Wildman–Crippen MR) is 66.7 cm³/mol. The van der Waals surface area contributed by atoms with Gasteiger partial charge in [0.1, 0.15) is 0 Å². The van der Waals surface area contributed by atoms with Gasteiger partial charge in [0.15, 0.2) is 0 Å². The number of hydrogen-bond acceptors (Lipinski definition) is 5. The smallest absolute Gasteiger partial charge is 0.315 e. The van der Waals surface area contributed by atoms with E-state index in [1.54, 1.807) is 0 Å². The minimum atomic E-state index is 0.497. The van der Waals surface area contributed by atoms with Crippen LogP contribution in [0.2, 0.25) is 0 Å². The Morgan fingerprint density at radius 1 is 1.35 bits per heavy atom. The van der Waals surface area contributed by atoms with Gasteiger partial charge in [0, 0.05) is 6.04 Å². The van der Waals surface area contributed by atoms with Crippen molar-refractivity contribution >= 4 is 6.01 Å². The van der Waals surface area contributed by atoms with Crippen molar-refractivity contribution in [2.75, 3.05) is 12.4 Å². The van der Waals surface area contributed by atoms with E-state index in [-0.39, 0.29) is 0 Å². The summed E-state index contributed by atoms with van der Waals surface area (Å²) in [4.78, 5) is 0. The lowest BCUT2D eigenvalue weighted by Crippen LogP contribution is -2.27. The van der Waals surface area contributed by atoms with Gasteiger partial charge in [-0.05, 0) is 25.8 Å². The molecule has 17 heavy (non-hydrogen) atoms. The van der Waals surface area contributed by atoms with Gasteiger partial charge in [-0.3, -0.25) is 0 Å². The first-order valence-corrected chi connectivity index (χ1v) is 6.55. The molecule has 1 aliphatic rings. The number of hydrogen-bond donors (Lipinski definition) is 2. The molecule has 1 aliphatic carbocycles. The van der Waals surface area contributed by atoms with Crippen molar-refractivity contribution in [2.24, 2.45) is 5.92 Å². The van der Waals surface area contributed by atoms with E-state index in [1.807, 2.05) is 7.05 Å². The van der Waals surface area contributed by atoms with Gasteiger partial charge in [-0.2, -0.15) is 0 Å². The maximum absolute atomic E-state index is 5.50. The van der Waals surface area contributed by atoms with Crippen LogP contribution in [0, 0.1) is 5.92 Å². The predicted octanol–water partition coefficient (Wildman–Crippen LogP) is 2.17. The minimum absolute atomic E-state index is 0.497. The molecule has 0 bridgehead atoms. The fraction of sp³-hybridized carbons (Fsp3) is 0.833. The minimum Gasteiger partial charge on any atom is -0.407 e. The lowest BCUT2D eigenvalue weighted by Gasteiger charge is -2.28. The zero-order valence-corrected chi connectivity index (χ0v) is 10.7. The molecule has 2 N–H and O–H groups in total. The van der Waals surface area contributed by atoms with E-state index in [2.05, 4.69) is 27.8 Å². The van der Waals surface area contributed by atoms with Crippen LogP contribution in [0.15, 0.2) is 4.42 Å². The maximum atomic E-state index is 5.50. The molecule has 96 valence electrons. The molecule has 2 atom stereocenters. The van der Waals surface area contributed by atoms with E-state index in [4.69, 9.17) is 4.42 Å². The van der Waals surface area contributed by atoms with E-state index < -0.39 is 0 Å². The third kappa shape index (κ3) is 3.43. The molecule has 1 aromatic rings. The maximum Gasteiger partial charge on any atom is 0.315 e. The summed E-state index contributed by atoms with van der Waals surface area (Å²) in [5.41, 5.74) is 0. The highest BCUT2D eigenvalue weighted by atomic mass is 16.4. The highest BCUT2D eigenvalue weighted by molar-refractivity contribution is 5.19. The van der Waals surface area contributed by atoms with E-state index in [0.29, 0.717) is 24.5 Å². The van der Waals surface area contributed by atoms with Gasteiger partial charge in [-0.1, -0.05) is 31.3 Å². The lowest BCUT2D eigenvalue weighted by molar-refractivity contribution is 0.323. The quantitative estimate of drug-likeness (QED) is 0.823. The fourth-order valence-electron chi connectivity index (χ4n) is 2.50. The van der Waals surface area contributed by atoms with Crippen molar-refractivity contribution < 1.29 is 4.42 Å². The fourth-order valence-corrected chi connectivity index (χ4v) is 2.50. The summed E-state index contributed by atoms with van der Waals surface area (Å²) in [5, 5.41) is 14.3. The van der Waals surface area contributed by atoms with Gasteiger partial charge in [0.2, 0.25) is 5.89 Å². The Balaban J connectivity index is 1.86. The van der Waals surface area contributed by atoms with Crippen LogP contribution in [-0.4, -0.2) is 23.3 Å². The third-order valence-corrected chi connectivity index (χ3v) is 3.48. The number of aromatic nitrogens is 2. The highest BCUT2D eigenvalue weighted by Crippen LogP contribution is 2.28. The summed E-state index contributed by atoms with van der Waals surface area (Å²) < 4.78 is 5.50. The normalized spacial score (nSPS) is 24.8. The summed E-state index contributed by atoms with van der Waals surface area (Å²) in [7, 11) is 1.87. The molecule has 1 heterocycles. The first-order chi connectivity index (χ1) is 8.31. The Hall–Kier alpha value is -1.10. The second kappa shape index (κ2) is 6.00. The van der Waals surface area contributed by atoms with Crippen LogP contribution in [0.3, 0.4) is 0 Å². The first-order valence-electron chi connectivity index (χ1n) is 6.55. The molecule has 1 saturated carbocycles. The summed E-state index contributed by atoms with van der Waals surface area (Å²) in [6, 6.07) is 1.06. The molecule has 2 rings (SSSR count). The average molecular weight is 238 g/mol. The van der Waals surface area contributed by atoms with Crippen LogP contribution in [-0.2, 0) is 6.54 Å². The number of nitrogens with zero attached hydrogens (tertiary/aromatic N) is 2. The molecule has 0 aromatic carbocycles. The molecule has 0 radical (unpaired) electrons. The molecule has 0 saturated heterocycles. The topological polar surface area (TPSA) is 63.0 Å². The summed E-state index contributed by atoms with van der Waals surface area (Å²) in [6.45, 7) is 2.89. The van der Waals surface area contributed by atoms with E-state index in [9.17, 15) is 0 Å². The summed E-state index contributed by atoms with van der Waals surface area (Å²) in [6.07, 6.45) is 6.37. The van der Waals surface area contributed by atoms with Crippen LogP contribution in [0.1, 0.15) is 44.9 Å². The molecule has 5 nitrogen and oxygen atoms in total. The Morgan fingerprint density at radius 2 is 2.24 bits per heavy atom. The van der Waals surface area contributed by atoms with Crippen molar-refractivity contribution in [2.45, 2.75) is 51.6 Å².